The number of carbonyl (C=O) groups is 2. The Bertz CT molecular complexity index is 524. The third kappa shape index (κ3) is 4.19. The first-order chi connectivity index (χ1) is 9.28. The van der Waals surface area contributed by atoms with Crippen LogP contribution < -0.4 is 10.6 Å². The van der Waals surface area contributed by atoms with Crippen LogP contribution in [-0.4, -0.2) is 22.6 Å². The molecule has 0 fully saturated rings. The van der Waals surface area contributed by atoms with E-state index in [1.807, 2.05) is 6.92 Å². The molecule has 0 radical (unpaired) electrons. The highest BCUT2D eigenvalue weighted by atomic mass is 79.9. The van der Waals surface area contributed by atoms with Gasteiger partial charge < -0.3 is 15.7 Å². The van der Waals surface area contributed by atoms with Gasteiger partial charge in [0.15, 0.2) is 0 Å². The van der Waals surface area contributed by atoms with Crippen molar-refractivity contribution >= 4 is 33.6 Å². The van der Waals surface area contributed by atoms with Gasteiger partial charge in [-0.15, -0.1) is 0 Å². The molecule has 20 heavy (non-hydrogen) atoms. The zero-order valence-electron chi connectivity index (χ0n) is 11.2. The number of halogens is 2. The monoisotopic (exact) mass is 346 g/mol. The van der Waals surface area contributed by atoms with Gasteiger partial charge in [-0.25, -0.2) is 14.0 Å². The van der Waals surface area contributed by atoms with Gasteiger partial charge in [0.2, 0.25) is 0 Å². The number of hydrogen-bond donors (Lipinski definition) is 3. The minimum Gasteiger partial charge on any atom is -0.480 e. The summed E-state index contributed by atoms with van der Waals surface area (Å²) in [6.07, 6.45) is 0.896. The highest BCUT2D eigenvalue weighted by Gasteiger charge is 2.33. The molecule has 0 bridgehead atoms. The summed E-state index contributed by atoms with van der Waals surface area (Å²) in [5, 5.41) is 14.0. The van der Waals surface area contributed by atoms with Crippen molar-refractivity contribution in [1.82, 2.24) is 5.32 Å². The summed E-state index contributed by atoms with van der Waals surface area (Å²) in [6, 6.07) is 3.13. The van der Waals surface area contributed by atoms with Gasteiger partial charge in [-0.3, -0.25) is 0 Å². The maximum atomic E-state index is 13.1. The van der Waals surface area contributed by atoms with Gasteiger partial charge in [0.1, 0.15) is 11.4 Å². The van der Waals surface area contributed by atoms with Gasteiger partial charge in [-0.05, 0) is 47.5 Å². The van der Waals surface area contributed by atoms with E-state index >= 15 is 0 Å². The van der Waals surface area contributed by atoms with E-state index in [1.54, 1.807) is 0 Å². The van der Waals surface area contributed by atoms with Crippen molar-refractivity contribution in [2.45, 2.75) is 32.2 Å². The third-order valence-electron chi connectivity index (χ3n) is 2.79. The van der Waals surface area contributed by atoms with Gasteiger partial charge >= 0.3 is 12.0 Å². The number of anilines is 1. The lowest BCUT2D eigenvalue weighted by Gasteiger charge is -2.26. The largest absolute Gasteiger partial charge is 0.480 e. The topological polar surface area (TPSA) is 78.4 Å². The van der Waals surface area contributed by atoms with Gasteiger partial charge in [0, 0.05) is 4.47 Å². The highest BCUT2D eigenvalue weighted by molar-refractivity contribution is 9.10. The lowest BCUT2D eigenvalue weighted by atomic mass is 9.97. The van der Waals surface area contributed by atoms with Gasteiger partial charge in [-0.2, -0.15) is 0 Å². The molecule has 0 saturated carbocycles. The van der Waals surface area contributed by atoms with Gasteiger partial charge in [-0.1, -0.05) is 13.3 Å². The molecular weight excluding hydrogens is 331 g/mol. The summed E-state index contributed by atoms with van der Waals surface area (Å²) >= 11 is 3.17. The van der Waals surface area contributed by atoms with Crippen molar-refractivity contribution in [1.29, 1.82) is 0 Å². The summed E-state index contributed by atoms with van der Waals surface area (Å²) in [4.78, 5) is 23.1. The molecular formula is C13H16BrFN2O3. The molecule has 0 aliphatic carbocycles. The van der Waals surface area contributed by atoms with E-state index in [2.05, 4.69) is 26.6 Å². The molecule has 0 spiro atoms. The minimum absolute atomic E-state index is 0.228. The molecule has 0 aliphatic heterocycles. The minimum atomic E-state index is -1.36. The van der Waals surface area contributed by atoms with Crippen LogP contribution in [0.3, 0.4) is 0 Å². The Kier molecular flexibility index (Phi) is 5.50. The standard InChI is InChI=1S/C13H16BrFN2O3/c1-3-6-13(2,11(18)19)17-12(20)16-10-7-8(15)4-5-9(10)14/h4-5,7H,3,6H2,1-2H3,(H,18,19)(H2,16,17,20). The van der Waals surface area contributed by atoms with Crippen molar-refractivity contribution in [3.05, 3.63) is 28.5 Å². The lowest BCUT2D eigenvalue weighted by molar-refractivity contribution is -0.143. The molecule has 2 amide bonds. The normalized spacial score (nSPS) is 13.4. The van der Waals surface area contributed by atoms with E-state index in [9.17, 15) is 14.0 Å². The van der Waals surface area contributed by atoms with Crippen LogP contribution in [0.2, 0.25) is 0 Å². The fraction of sp³-hybridized carbons (Fsp3) is 0.385. The summed E-state index contributed by atoms with van der Waals surface area (Å²) in [5.41, 5.74) is -1.13. The van der Waals surface area contributed by atoms with E-state index in [1.165, 1.54) is 19.1 Å². The number of carboxylic acids is 1. The predicted molar refractivity (Wildman–Crippen MR) is 77.2 cm³/mol. The van der Waals surface area contributed by atoms with Crippen molar-refractivity contribution in [2.24, 2.45) is 0 Å². The first kappa shape index (κ1) is 16.4. The second kappa shape index (κ2) is 6.69. The Morgan fingerprint density at radius 1 is 1.45 bits per heavy atom. The average Bonchev–Trinajstić information content (AvgIpc) is 2.33. The van der Waals surface area contributed by atoms with Crippen molar-refractivity contribution in [3.8, 4) is 0 Å². The number of amides is 2. The highest BCUT2D eigenvalue weighted by Crippen LogP contribution is 2.23. The summed E-state index contributed by atoms with van der Waals surface area (Å²) in [5.74, 6) is -1.62. The smallest absolute Gasteiger partial charge is 0.329 e. The SMILES string of the molecule is CCCC(C)(NC(=O)Nc1cc(F)ccc1Br)C(=O)O. The van der Waals surface area contributed by atoms with E-state index < -0.39 is 23.4 Å². The Labute approximate surface area is 124 Å². The molecule has 3 N–H and O–H groups in total. The Morgan fingerprint density at radius 2 is 2.10 bits per heavy atom. The number of carboxylic acid groups (broad SMARTS) is 1. The molecule has 110 valence electrons. The van der Waals surface area contributed by atoms with Crippen LogP contribution in [-0.2, 0) is 4.79 Å². The fourth-order valence-electron chi connectivity index (χ4n) is 1.72. The molecule has 7 heteroatoms. The van der Waals surface area contributed by atoms with Crippen molar-refractivity contribution < 1.29 is 19.1 Å². The van der Waals surface area contributed by atoms with Crippen LogP contribution in [0, 0.1) is 5.82 Å². The molecule has 1 unspecified atom stereocenters. The number of urea groups is 1. The predicted octanol–water partition coefficient (Wildman–Crippen LogP) is 3.35. The molecule has 1 aromatic rings. The van der Waals surface area contributed by atoms with Crippen LogP contribution in [0.25, 0.3) is 0 Å². The molecule has 0 aromatic heterocycles. The average molecular weight is 347 g/mol. The zero-order valence-corrected chi connectivity index (χ0v) is 12.8. The zero-order chi connectivity index (χ0) is 15.3. The van der Waals surface area contributed by atoms with Crippen LogP contribution in [0.5, 0.6) is 0 Å². The summed E-state index contributed by atoms with van der Waals surface area (Å²) in [7, 11) is 0. The maximum absolute atomic E-state index is 13.1. The molecule has 1 rings (SSSR count). The summed E-state index contributed by atoms with van der Waals surface area (Å²) in [6.45, 7) is 3.25. The molecule has 5 nitrogen and oxygen atoms in total. The maximum Gasteiger partial charge on any atom is 0.329 e. The van der Waals surface area contributed by atoms with Crippen LogP contribution in [0.4, 0.5) is 14.9 Å². The van der Waals surface area contributed by atoms with E-state index in [0.717, 1.165) is 6.07 Å². The summed E-state index contributed by atoms with van der Waals surface area (Å²) < 4.78 is 13.6. The lowest BCUT2D eigenvalue weighted by Crippen LogP contribution is -2.53. The Hall–Kier alpha value is -1.63. The number of aliphatic carboxylic acids is 1. The van der Waals surface area contributed by atoms with Crippen LogP contribution in [0.15, 0.2) is 22.7 Å². The number of benzene rings is 1. The Balaban J connectivity index is 2.81. The second-order valence-electron chi connectivity index (χ2n) is 4.59. The van der Waals surface area contributed by atoms with Crippen LogP contribution >= 0.6 is 15.9 Å². The number of hydrogen-bond acceptors (Lipinski definition) is 2. The molecule has 1 aromatic carbocycles. The van der Waals surface area contributed by atoms with Crippen LogP contribution in [0.1, 0.15) is 26.7 Å². The number of nitrogens with one attached hydrogen (secondary N) is 2. The van der Waals surface area contributed by atoms with Gasteiger partial charge in [0.05, 0.1) is 5.69 Å². The fourth-order valence-corrected chi connectivity index (χ4v) is 2.07. The number of rotatable bonds is 5. The Morgan fingerprint density at radius 3 is 2.65 bits per heavy atom. The quantitative estimate of drug-likeness (QED) is 0.764. The molecule has 1 atom stereocenters. The molecule has 0 saturated heterocycles. The van der Waals surface area contributed by atoms with E-state index in [4.69, 9.17) is 5.11 Å². The number of carbonyl (C=O) groups excluding carboxylic acids is 1. The van der Waals surface area contributed by atoms with E-state index in [-0.39, 0.29) is 5.69 Å². The second-order valence-corrected chi connectivity index (χ2v) is 5.44. The van der Waals surface area contributed by atoms with Gasteiger partial charge in [0.25, 0.3) is 0 Å². The van der Waals surface area contributed by atoms with E-state index in [0.29, 0.717) is 17.3 Å². The van der Waals surface area contributed by atoms with Crippen molar-refractivity contribution in [3.63, 3.8) is 0 Å². The molecule has 0 heterocycles. The third-order valence-corrected chi connectivity index (χ3v) is 3.48. The first-order valence-corrected chi connectivity index (χ1v) is 6.85. The first-order valence-electron chi connectivity index (χ1n) is 6.06. The van der Waals surface area contributed by atoms with Crippen molar-refractivity contribution in [2.75, 3.05) is 5.32 Å². The molecule has 0 aliphatic rings.